The average molecular weight is 422 g/mol. The first-order valence-corrected chi connectivity index (χ1v) is 11.7. The predicted molar refractivity (Wildman–Crippen MR) is 118 cm³/mol. The Kier molecular flexibility index (Phi) is 4.58. The van der Waals surface area contributed by atoms with Crippen molar-refractivity contribution in [1.82, 2.24) is 19.7 Å². The van der Waals surface area contributed by atoms with Crippen LogP contribution in [-0.4, -0.2) is 33.4 Å². The van der Waals surface area contributed by atoms with Crippen LogP contribution in [0, 0.1) is 0 Å². The monoisotopic (exact) mass is 421 g/mol. The van der Waals surface area contributed by atoms with Crippen LogP contribution in [0.4, 0.5) is 5.69 Å². The molecule has 0 spiro atoms. The van der Waals surface area contributed by atoms with Crippen molar-refractivity contribution in [2.75, 3.05) is 4.72 Å². The second kappa shape index (κ2) is 7.28. The molecule has 8 heteroatoms. The van der Waals surface area contributed by atoms with Crippen LogP contribution in [0.5, 0.6) is 0 Å². The number of H-pyrrole nitrogens is 1. The molecule has 7 nitrogen and oxygen atoms in total. The van der Waals surface area contributed by atoms with Crippen LogP contribution in [0.2, 0.25) is 0 Å². The molecule has 0 amide bonds. The molecule has 0 unspecified atom stereocenters. The van der Waals surface area contributed by atoms with Crippen molar-refractivity contribution in [1.29, 1.82) is 0 Å². The number of sulfonamides is 1. The third-order valence-electron chi connectivity index (χ3n) is 5.80. The fourth-order valence-electron chi connectivity index (χ4n) is 3.66. The molecule has 1 saturated carbocycles. The molecule has 1 aliphatic carbocycles. The summed E-state index contributed by atoms with van der Waals surface area (Å²) >= 11 is 0. The molecule has 3 aromatic heterocycles. The lowest BCUT2D eigenvalue weighted by Crippen LogP contribution is -2.33. The number of anilines is 1. The Morgan fingerprint density at radius 2 is 2.00 bits per heavy atom. The van der Waals surface area contributed by atoms with Crippen LogP contribution in [0.25, 0.3) is 27.8 Å². The van der Waals surface area contributed by atoms with Gasteiger partial charge in [-0.3, -0.25) is 9.71 Å². The van der Waals surface area contributed by atoms with Gasteiger partial charge in [0.05, 0.1) is 40.2 Å². The highest BCUT2D eigenvalue weighted by Crippen LogP contribution is 2.31. The number of aromatic nitrogens is 4. The van der Waals surface area contributed by atoms with Crippen molar-refractivity contribution in [3.05, 3.63) is 60.7 Å². The number of rotatable bonds is 6. The molecule has 0 radical (unpaired) electrons. The summed E-state index contributed by atoms with van der Waals surface area (Å²) < 4.78 is 29.6. The second-order valence-corrected chi connectivity index (χ2v) is 9.67. The van der Waals surface area contributed by atoms with Crippen LogP contribution >= 0.6 is 0 Å². The van der Waals surface area contributed by atoms with Crippen LogP contribution in [0.3, 0.4) is 0 Å². The maximum atomic E-state index is 12.5. The molecule has 154 valence electrons. The number of aromatic amines is 1. The summed E-state index contributed by atoms with van der Waals surface area (Å²) in [6, 6.07) is 10.2. The lowest BCUT2D eigenvalue weighted by atomic mass is 10.0. The van der Waals surface area contributed by atoms with Crippen molar-refractivity contribution in [3.8, 4) is 16.9 Å². The minimum absolute atomic E-state index is 0.291. The van der Waals surface area contributed by atoms with Crippen molar-refractivity contribution in [2.24, 2.45) is 0 Å². The first kappa shape index (κ1) is 18.9. The smallest absolute Gasteiger partial charge is 0.235 e. The fraction of sp³-hybridized carbons (Fsp3) is 0.273. The van der Waals surface area contributed by atoms with E-state index in [1.807, 2.05) is 29.1 Å². The quantitative estimate of drug-likeness (QED) is 0.486. The van der Waals surface area contributed by atoms with Crippen LogP contribution in [0.15, 0.2) is 55.1 Å². The highest BCUT2D eigenvalue weighted by Gasteiger charge is 2.31. The largest absolute Gasteiger partial charge is 0.358 e. The Morgan fingerprint density at radius 1 is 1.20 bits per heavy atom. The summed E-state index contributed by atoms with van der Waals surface area (Å²) in [6.45, 7) is 2.13. The Morgan fingerprint density at radius 3 is 2.70 bits per heavy atom. The highest BCUT2D eigenvalue weighted by molar-refractivity contribution is 7.93. The SMILES string of the molecule is CCc1ccc(-n2cc(-c3cc4c(NS(=O)(=O)C5CCC5)c[nH]c4cn3)cn2)cc1. The van der Waals surface area contributed by atoms with Gasteiger partial charge in [-0.15, -0.1) is 0 Å². The van der Waals surface area contributed by atoms with Gasteiger partial charge in [0.15, 0.2) is 0 Å². The number of hydrogen-bond acceptors (Lipinski definition) is 4. The maximum Gasteiger partial charge on any atom is 0.235 e. The third-order valence-corrected chi connectivity index (χ3v) is 7.65. The van der Waals surface area contributed by atoms with Gasteiger partial charge in [0.1, 0.15) is 0 Å². The van der Waals surface area contributed by atoms with E-state index in [0.29, 0.717) is 5.69 Å². The van der Waals surface area contributed by atoms with E-state index in [1.165, 1.54) is 5.56 Å². The van der Waals surface area contributed by atoms with Gasteiger partial charge in [0, 0.05) is 23.3 Å². The first-order valence-electron chi connectivity index (χ1n) is 10.2. The molecule has 1 aromatic carbocycles. The van der Waals surface area contributed by atoms with Gasteiger partial charge in [-0.2, -0.15) is 5.10 Å². The van der Waals surface area contributed by atoms with Gasteiger partial charge in [0.2, 0.25) is 10.0 Å². The molecule has 30 heavy (non-hydrogen) atoms. The van der Waals surface area contributed by atoms with Crippen molar-refractivity contribution in [3.63, 3.8) is 0 Å². The third kappa shape index (κ3) is 3.37. The Hall–Kier alpha value is -3.13. The molecular formula is C22H23N5O2S. The topological polar surface area (TPSA) is 92.7 Å². The molecule has 1 fully saturated rings. The van der Waals surface area contributed by atoms with Gasteiger partial charge in [-0.05, 0) is 43.0 Å². The summed E-state index contributed by atoms with van der Waals surface area (Å²) in [5, 5.41) is 4.97. The summed E-state index contributed by atoms with van der Waals surface area (Å²) in [5.74, 6) is 0. The molecular weight excluding hydrogens is 398 g/mol. The summed E-state index contributed by atoms with van der Waals surface area (Å²) in [5.41, 5.74) is 5.21. The summed E-state index contributed by atoms with van der Waals surface area (Å²) in [4.78, 5) is 7.62. The van der Waals surface area contributed by atoms with E-state index in [1.54, 1.807) is 18.6 Å². The normalized spacial score (nSPS) is 14.7. The first-order chi connectivity index (χ1) is 14.5. The van der Waals surface area contributed by atoms with E-state index in [0.717, 1.165) is 53.5 Å². The van der Waals surface area contributed by atoms with E-state index in [4.69, 9.17) is 0 Å². The second-order valence-electron chi connectivity index (χ2n) is 7.71. The molecule has 4 aromatic rings. The van der Waals surface area contributed by atoms with Gasteiger partial charge in [-0.25, -0.2) is 13.1 Å². The molecule has 1 aliphatic rings. The van der Waals surface area contributed by atoms with E-state index in [2.05, 4.69) is 38.8 Å². The Labute approximate surface area is 175 Å². The van der Waals surface area contributed by atoms with Crippen molar-refractivity contribution < 1.29 is 8.42 Å². The van der Waals surface area contributed by atoms with Crippen molar-refractivity contribution >= 4 is 26.6 Å². The number of fused-ring (bicyclic) bond motifs is 1. The minimum Gasteiger partial charge on any atom is -0.358 e. The van der Waals surface area contributed by atoms with Crippen molar-refractivity contribution in [2.45, 2.75) is 37.9 Å². The van der Waals surface area contributed by atoms with E-state index in [9.17, 15) is 8.42 Å². The van der Waals surface area contributed by atoms with Crippen LogP contribution < -0.4 is 4.72 Å². The number of aryl methyl sites for hydroxylation is 1. The van der Waals surface area contributed by atoms with Gasteiger partial charge in [-0.1, -0.05) is 25.5 Å². The van der Waals surface area contributed by atoms with Crippen LogP contribution in [0.1, 0.15) is 31.7 Å². The number of hydrogen-bond donors (Lipinski definition) is 2. The standard InChI is InChI=1S/C22H23N5O2S/c1-2-15-6-8-17(9-7-15)27-14-16(11-25-27)20-10-19-21(12-23-20)24-13-22(19)26-30(28,29)18-4-3-5-18/h6-14,18,24,26H,2-5H2,1H3. The highest BCUT2D eigenvalue weighted by atomic mass is 32.2. The van der Waals surface area contributed by atoms with Gasteiger partial charge >= 0.3 is 0 Å². The molecule has 0 saturated heterocycles. The van der Waals surface area contributed by atoms with Crippen LogP contribution in [-0.2, 0) is 16.4 Å². The molecule has 0 aliphatic heterocycles. The number of pyridine rings is 1. The molecule has 2 N–H and O–H groups in total. The molecule has 5 rings (SSSR count). The van der Waals surface area contributed by atoms with E-state index < -0.39 is 10.0 Å². The predicted octanol–water partition coefficient (Wildman–Crippen LogP) is 4.27. The lowest BCUT2D eigenvalue weighted by Gasteiger charge is -2.25. The summed E-state index contributed by atoms with van der Waals surface area (Å²) in [6.07, 6.45) is 10.5. The number of benzene rings is 1. The minimum atomic E-state index is -3.36. The Bertz CT molecular complexity index is 1300. The summed E-state index contributed by atoms with van der Waals surface area (Å²) in [7, 11) is -3.36. The van der Waals surface area contributed by atoms with Gasteiger partial charge < -0.3 is 4.98 Å². The lowest BCUT2D eigenvalue weighted by molar-refractivity contribution is 0.480. The molecule has 3 heterocycles. The Balaban J connectivity index is 1.45. The zero-order valence-corrected chi connectivity index (χ0v) is 17.5. The van der Waals surface area contributed by atoms with E-state index in [-0.39, 0.29) is 5.25 Å². The molecule has 0 bridgehead atoms. The number of nitrogens with one attached hydrogen (secondary N) is 2. The number of nitrogens with zero attached hydrogens (tertiary/aromatic N) is 3. The molecule has 0 atom stereocenters. The fourth-order valence-corrected chi connectivity index (χ4v) is 5.26. The average Bonchev–Trinajstić information content (AvgIpc) is 3.33. The van der Waals surface area contributed by atoms with Gasteiger partial charge in [0.25, 0.3) is 0 Å². The van der Waals surface area contributed by atoms with E-state index >= 15 is 0 Å². The zero-order chi connectivity index (χ0) is 20.7. The maximum absolute atomic E-state index is 12.5. The zero-order valence-electron chi connectivity index (χ0n) is 16.7.